The number of hydrogen-bond donors (Lipinski definition) is 1. The molecule has 0 bridgehead atoms. The highest BCUT2D eigenvalue weighted by Gasteiger charge is 2.31. The van der Waals surface area contributed by atoms with Crippen molar-refractivity contribution < 1.29 is 17.9 Å². The lowest BCUT2D eigenvalue weighted by Crippen LogP contribution is -2.17. The third-order valence-corrected chi connectivity index (χ3v) is 6.01. The SMILES string of the molecule is FC(F)(F)Oc1ccc(-n2nc(C(c3ccccc3)c3ccccc3)c3c2NCCCC3)cc1. The third kappa shape index (κ3) is 4.64. The van der Waals surface area contributed by atoms with Crippen LogP contribution in [0.4, 0.5) is 19.0 Å². The molecule has 34 heavy (non-hydrogen) atoms. The van der Waals surface area contributed by atoms with Gasteiger partial charge >= 0.3 is 6.36 Å². The first-order valence-electron chi connectivity index (χ1n) is 11.3. The molecule has 0 fully saturated rings. The number of halogens is 3. The molecule has 4 aromatic rings. The van der Waals surface area contributed by atoms with Crippen molar-refractivity contribution in [1.82, 2.24) is 9.78 Å². The molecule has 1 aromatic heterocycles. The second-order valence-corrected chi connectivity index (χ2v) is 8.30. The van der Waals surface area contributed by atoms with Gasteiger partial charge in [-0.2, -0.15) is 5.10 Å². The molecule has 3 aromatic carbocycles. The Morgan fingerprint density at radius 3 is 2.03 bits per heavy atom. The van der Waals surface area contributed by atoms with Gasteiger partial charge in [0.2, 0.25) is 0 Å². The van der Waals surface area contributed by atoms with Crippen LogP contribution in [-0.2, 0) is 6.42 Å². The monoisotopic (exact) mass is 463 g/mol. The van der Waals surface area contributed by atoms with Crippen LogP contribution in [0, 0.1) is 0 Å². The number of aromatic nitrogens is 2. The molecule has 0 unspecified atom stereocenters. The van der Waals surface area contributed by atoms with E-state index in [1.165, 1.54) is 12.1 Å². The standard InChI is InChI=1S/C27H24F3N3O/c28-27(29,30)34-22-16-14-21(15-17-22)33-26-23(13-7-8-18-31-26)25(32-33)24(19-9-3-1-4-10-19)20-11-5-2-6-12-20/h1-6,9-12,14-17,24,31H,7-8,13,18H2. The zero-order valence-electron chi connectivity index (χ0n) is 18.4. The highest BCUT2D eigenvalue weighted by Crippen LogP contribution is 2.38. The van der Waals surface area contributed by atoms with E-state index in [4.69, 9.17) is 5.10 Å². The maximum Gasteiger partial charge on any atom is 0.573 e. The normalized spacial score (nSPS) is 13.8. The van der Waals surface area contributed by atoms with Crippen LogP contribution in [0.1, 0.15) is 41.1 Å². The zero-order valence-corrected chi connectivity index (χ0v) is 18.4. The van der Waals surface area contributed by atoms with Gasteiger partial charge in [-0.1, -0.05) is 60.7 Å². The van der Waals surface area contributed by atoms with Gasteiger partial charge in [-0.15, -0.1) is 13.2 Å². The summed E-state index contributed by atoms with van der Waals surface area (Å²) >= 11 is 0. The summed E-state index contributed by atoms with van der Waals surface area (Å²) in [5.74, 6) is 0.577. The topological polar surface area (TPSA) is 39.1 Å². The average Bonchev–Trinajstić information content (AvgIpc) is 3.01. The molecule has 1 aliphatic rings. The van der Waals surface area contributed by atoms with Crippen LogP contribution in [0.5, 0.6) is 5.75 Å². The van der Waals surface area contributed by atoms with Crippen molar-refractivity contribution >= 4 is 5.82 Å². The largest absolute Gasteiger partial charge is 0.573 e. The number of ether oxygens (including phenoxy) is 1. The zero-order chi connectivity index (χ0) is 23.5. The summed E-state index contributed by atoms with van der Waals surface area (Å²) in [4.78, 5) is 0. The molecule has 7 heteroatoms. The Labute approximate surface area is 196 Å². The van der Waals surface area contributed by atoms with Gasteiger partial charge in [0.05, 0.1) is 17.3 Å². The van der Waals surface area contributed by atoms with E-state index in [2.05, 4.69) is 34.3 Å². The summed E-state index contributed by atoms with van der Waals surface area (Å²) < 4.78 is 43.7. The number of benzene rings is 3. The molecule has 0 atom stereocenters. The summed E-state index contributed by atoms with van der Waals surface area (Å²) in [7, 11) is 0. The molecule has 0 aliphatic carbocycles. The van der Waals surface area contributed by atoms with Gasteiger partial charge in [-0.05, 0) is 54.7 Å². The third-order valence-electron chi connectivity index (χ3n) is 6.01. The molecule has 1 aliphatic heterocycles. The summed E-state index contributed by atoms with van der Waals surface area (Å²) in [5.41, 5.74) is 5.05. The minimum Gasteiger partial charge on any atom is -0.406 e. The lowest BCUT2D eigenvalue weighted by molar-refractivity contribution is -0.274. The van der Waals surface area contributed by atoms with E-state index < -0.39 is 6.36 Å². The molecule has 1 N–H and O–H groups in total. The minimum absolute atomic E-state index is 0.0647. The van der Waals surface area contributed by atoms with E-state index in [-0.39, 0.29) is 11.7 Å². The van der Waals surface area contributed by atoms with Crippen molar-refractivity contribution in [3.8, 4) is 11.4 Å². The number of hydrogen-bond acceptors (Lipinski definition) is 3. The van der Waals surface area contributed by atoms with E-state index in [1.807, 2.05) is 41.1 Å². The van der Waals surface area contributed by atoms with E-state index in [0.717, 1.165) is 54.0 Å². The van der Waals surface area contributed by atoms with Gasteiger partial charge in [-0.25, -0.2) is 4.68 Å². The van der Waals surface area contributed by atoms with Crippen LogP contribution in [0.15, 0.2) is 84.9 Å². The fourth-order valence-corrected chi connectivity index (χ4v) is 4.54. The summed E-state index contributed by atoms with van der Waals surface area (Å²) in [6.07, 6.45) is -1.78. The number of rotatable bonds is 5. The lowest BCUT2D eigenvalue weighted by Gasteiger charge is -2.18. The molecule has 0 radical (unpaired) electrons. The Hall–Kier alpha value is -3.74. The Morgan fingerprint density at radius 1 is 0.824 bits per heavy atom. The second kappa shape index (κ2) is 9.25. The molecule has 5 rings (SSSR count). The maximum absolute atomic E-state index is 12.6. The van der Waals surface area contributed by atoms with Crippen LogP contribution < -0.4 is 10.1 Å². The van der Waals surface area contributed by atoms with E-state index in [0.29, 0.717) is 5.69 Å². The fraction of sp³-hybridized carbons (Fsp3) is 0.222. The average molecular weight is 464 g/mol. The Kier molecular flexibility index (Phi) is 6.01. The smallest absolute Gasteiger partial charge is 0.406 e. The van der Waals surface area contributed by atoms with Crippen LogP contribution >= 0.6 is 0 Å². The van der Waals surface area contributed by atoms with E-state index in [9.17, 15) is 13.2 Å². The molecule has 0 saturated carbocycles. The Morgan fingerprint density at radius 2 is 1.44 bits per heavy atom. The summed E-state index contributed by atoms with van der Waals surface area (Å²) in [5, 5.41) is 8.56. The molecule has 2 heterocycles. The van der Waals surface area contributed by atoms with Crippen LogP contribution in [0.3, 0.4) is 0 Å². The first-order valence-corrected chi connectivity index (χ1v) is 11.3. The number of fused-ring (bicyclic) bond motifs is 1. The molecule has 4 nitrogen and oxygen atoms in total. The molecule has 0 amide bonds. The summed E-state index contributed by atoms with van der Waals surface area (Å²) in [6.45, 7) is 0.814. The highest BCUT2D eigenvalue weighted by atomic mass is 19.4. The van der Waals surface area contributed by atoms with Gasteiger partial charge in [0, 0.05) is 12.1 Å². The Bertz CT molecular complexity index is 1200. The van der Waals surface area contributed by atoms with Crippen LogP contribution in [-0.4, -0.2) is 22.7 Å². The van der Waals surface area contributed by atoms with Crippen LogP contribution in [0.25, 0.3) is 5.69 Å². The van der Waals surface area contributed by atoms with Crippen molar-refractivity contribution in [2.45, 2.75) is 31.5 Å². The molecular formula is C27H24F3N3O. The van der Waals surface area contributed by atoms with Gasteiger partial charge in [-0.3, -0.25) is 0 Å². The van der Waals surface area contributed by atoms with Crippen molar-refractivity contribution in [1.29, 1.82) is 0 Å². The van der Waals surface area contributed by atoms with Gasteiger partial charge in [0.15, 0.2) is 0 Å². The van der Waals surface area contributed by atoms with Gasteiger partial charge in [0.1, 0.15) is 11.6 Å². The molecule has 174 valence electrons. The number of nitrogens with zero attached hydrogens (tertiary/aromatic N) is 2. The van der Waals surface area contributed by atoms with Crippen molar-refractivity contribution in [3.63, 3.8) is 0 Å². The number of anilines is 1. The summed E-state index contributed by atoms with van der Waals surface area (Å²) in [6, 6.07) is 26.4. The predicted octanol–water partition coefficient (Wildman–Crippen LogP) is 6.70. The molecule has 0 spiro atoms. The Balaban J connectivity index is 1.63. The van der Waals surface area contributed by atoms with Crippen molar-refractivity contribution in [2.24, 2.45) is 0 Å². The fourth-order valence-electron chi connectivity index (χ4n) is 4.54. The highest BCUT2D eigenvalue weighted by molar-refractivity contribution is 5.58. The van der Waals surface area contributed by atoms with Crippen LogP contribution in [0.2, 0.25) is 0 Å². The van der Waals surface area contributed by atoms with Gasteiger partial charge < -0.3 is 10.1 Å². The maximum atomic E-state index is 12.6. The first kappa shape index (κ1) is 22.1. The molecule has 0 saturated heterocycles. The van der Waals surface area contributed by atoms with E-state index in [1.54, 1.807) is 12.1 Å². The first-order chi connectivity index (χ1) is 16.5. The number of nitrogens with one attached hydrogen (secondary N) is 1. The number of alkyl halides is 3. The molecular weight excluding hydrogens is 439 g/mol. The second-order valence-electron chi connectivity index (χ2n) is 8.30. The quantitative estimate of drug-likeness (QED) is 0.358. The van der Waals surface area contributed by atoms with E-state index >= 15 is 0 Å². The lowest BCUT2D eigenvalue weighted by atomic mass is 9.86. The minimum atomic E-state index is -4.72. The predicted molar refractivity (Wildman–Crippen MR) is 126 cm³/mol. The van der Waals surface area contributed by atoms with Crippen molar-refractivity contribution in [3.05, 3.63) is 107 Å². The van der Waals surface area contributed by atoms with Crippen molar-refractivity contribution in [2.75, 3.05) is 11.9 Å². The van der Waals surface area contributed by atoms with Gasteiger partial charge in [0.25, 0.3) is 0 Å².